The smallest absolute Gasteiger partial charge is 0.303 e. The number of rotatable bonds is 1. The van der Waals surface area contributed by atoms with Crippen molar-refractivity contribution in [1.82, 2.24) is 0 Å². The Morgan fingerprint density at radius 1 is 1.37 bits per heavy atom. The standard InChI is InChI=1S/C17H26O2/c1-11(2)15-6-7-17(10-15)12(3)8-16(9-13(17)4)19-14(5)18/h8,13,16H,6-7,9-10H2,1-5H3/t13-,16?,17+/m1/s1. The van der Waals surface area contributed by atoms with E-state index in [4.69, 9.17) is 4.74 Å². The number of esters is 1. The fourth-order valence-electron chi connectivity index (χ4n) is 3.89. The van der Waals surface area contributed by atoms with E-state index in [2.05, 4.69) is 33.8 Å². The van der Waals surface area contributed by atoms with Gasteiger partial charge in [-0.3, -0.25) is 4.79 Å². The van der Waals surface area contributed by atoms with E-state index in [1.165, 1.54) is 37.3 Å². The number of carbonyl (C=O) groups excluding carboxylic acids is 1. The normalized spacial score (nSPS) is 34.4. The molecule has 106 valence electrons. The van der Waals surface area contributed by atoms with Crippen LogP contribution in [0.5, 0.6) is 0 Å². The zero-order chi connectivity index (χ0) is 14.2. The summed E-state index contributed by atoms with van der Waals surface area (Å²) in [6.45, 7) is 10.5. The van der Waals surface area contributed by atoms with Gasteiger partial charge in [0.25, 0.3) is 0 Å². The Balaban J connectivity index is 2.24. The minimum Gasteiger partial charge on any atom is -0.458 e. The molecule has 1 spiro atoms. The highest BCUT2D eigenvalue weighted by Gasteiger charge is 2.45. The number of hydrogen-bond donors (Lipinski definition) is 0. The van der Waals surface area contributed by atoms with Gasteiger partial charge in [-0.25, -0.2) is 0 Å². The third kappa shape index (κ3) is 2.63. The van der Waals surface area contributed by atoms with Gasteiger partial charge in [-0.1, -0.05) is 23.6 Å². The van der Waals surface area contributed by atoms with Gasteiger partial charge in [0.1, 0.15) is 6.10 Å². The van der Waals surface area contributed by atoms with Gasteiger partial charge in [-0.2, -0.15) is 0 Å². The molecule has 0 saturated heterocycles. The SMILES string of the molecule is CC(=O)OC1C=C(C)[C@@]2(CCC(=C(C)C)C2)[C@H](C)C1. The molecule has 2 aliphatic carbocycles. The molecular weight excluding hydrogens is 236 g/mol. The Hall–Kier alpha value is -1.05. The van der Waals surface area contributed by atoms with Crippen LogP contribution in [-0.2, 0) is 9.53 Å². The predicted molar refractivity (Wildman–Crippen MR) is 77.8 cm³/mol. The Kier molecular flexibility index (Phi) is 3.89. The fourth-order valence-corrected chi connectivity index (χ4v) is 3.89. The van der Waals surface area contributed by atoms with Crippen LogP contribution in [0.1, 0.15) is 60.3 Å². The molecule has 3 atom stereocenters. The summed E-state index contributed by atoms with van der Waals surface area (Å²) in [6.07, 6.45) is 6.82. The van der Waals surface area contributed by atoms with E-state index in [0.717, 1.165) is 6.42 Å². The zero-order valence-corrected chi connectivity index (χ0v) is 12.9. The molecule has 1 saturated carbocycles. The monoisotopic (exact) mass is 262 g/mol. The summed E-state index contributed by atoms with van der Waals surface area (Å²) in [6, 6.07) is 0. The van der Waals surface area contributed by atoms with Crippen LogP contribution in [0.25, 0.3) is 0 Å². The van der Waals surface area contributed by atoms with E-state index >= 15 is 0 Å². The summed E-state index contributed by atoms with van der Waals surface area (Å²) in [5, 5.41) is 0. The molecule has 2 rings (SSSR count). The molecular formula is C17H26O2. The van der Waals surface area contributed by atoms with Crippen LogP contribution in [0, 0.1) is 11.3 Å². The molecule has 0 aromatic rings. The van der Waals surface area contributed by atoms with Crippen LogP contribution in [0.2, 0.25) is 0 Å². The number of ether oxygens (including phenoxy) is 1. The first-order valence-corrected chi connectivity index (χ1v) is 7.36. The summed E-state index contributed by atoms with van der Waals surface area (Å²) < 4.78 is 5.38. The number of hydrogen-bond acceptors (Lipinski definition) is 2. The largest absolute Gasteiger partial charge is 0.458 e. The maximum atomic E-state index is 11.1. The average Bonchev–Trinajstić information content (AvgIpc) is 2.71. The first-order valence-electron chi connectivity index (χ1n) is 7.36. The maximum Gasteiger partial charge on any atom is 0.303 e. The number of carbonyl (C=O) groups is 1. The predicted octanol–water partition coefficient (Wildman–Crippen LogP) is 4.41. The van der Waals surface area contributed by atoms with Crippen molar-refractivity contribution < 1.29 is 9.53 Å². The second kappa shape index (κ2) is 5.15. The van der Waals surface area contributed by atoms with E-state index in [9.17, 15) is 4.79 Å². The minimum atomic E-state index is -0.173. The minimum absolute atomic E-state index is 0.0196. The highest BCUT2D eigenvalue weighted by Crippen LogP contribution is 2.55. The van der Waals surface area contributed by atoms with Gasteiger partial charge in [0.15, 0.2) is 0 Å². The Morgan fingerprint density at radius 2 is 2.05 bits per heavy atom. The van der Waals surface area contributed by atoms with Crippen molar-refractivity contribution in [1.29, 1.82) is 0 Å². The van der Waals surface area contributed by atoms with Gasteiger partial charge in [-0.15, -0.1) is 0 Å². The van der Waals surface area contributed by atoms with Crippen LogP contribution in [0.3, 0.4) is 0 Å². The molecule has 0 aromatic heterocycles. The van der Waals surface area contributed by atoms with Crippen molar-refractivity contribution in [2.75, 3.05) is 0 Å². The third-order valence-electron chi connectivity index (χ3n) is 5.18. The molecule has 2 aliphatic rings. The lowest BCUT2D eigenvalue weighted by Gasteiger charge is -2.42. The topological polar surface area (TPSA) is 26.3 Å². The fraction of sp³-hybridized carbons (Fsp3) is 0.706. The van der Waals surface area contributed by atoms with Gasteiger partial charge < -0.3 is 4.74 Å². The molecule has 1 fully saturated rings. The van der Waals surface area contributed by atoms with E-state index in [-0.39, 0.29) is 12.1 Å². The summed E-state index contributed by atoms with van der Waals surface area (Å²) in [4.78, 5) is 11.1. The third-order valence-corrected chi connectivity index (χ3v) is 5.18. The van der Waals surface area contributed by atoms with Crippen LogP contribution in [0.15, 0.2) is 22.8 Å². The Bertz CT molecular complexity index is 440. The number of allylic oxidation sites excluding steroid dienone is 3. The Morgan fingerprint density at radius 3 is 2.53 bits per heavy atom. The highest BCUT2D eigenvalue weighted by atomic mass is 16.5. The molecule has 0 heterocycles. The molecule has 0 N–H and O–H groups in total. The average molecular weight is 262 g/mol. The van der Waals surface area contributed by atoms with Gasteiger partial charge in [-0.05, 0) is 63.9 Å². The van der Waals surface area contributed by atoms with E-state index in [1.807, 2.05) is 0 Å². The van der Waals surface area contributed by atoms with E-state index < -0.39 is 0 Å². The van der Waals surface area contributed by atoms with Crippen molar-refractivity contribution in [3.8, 4) is 0 Å². The van der Waals surface area contributed by atoms with Crippen LogP contribution in [0.4, 0.5) is 0 Å². The van der Waals surface area contributed by atoms with Crippen molar-refractivity contribution in [3.63, 3.8) is 0 Å². The first-order chi connectivity index (χ1) is 8.85. The van der Waals surface area contributed by atoms with Gasteiger partial charge >= 0.3 is 5.97 Å². The van der Waals surface area contributed by atoms with Crippen LogP contribution < -0.4 is 0 Å². The lowest BCUT2D eigenvalue weighted by Crippen LogP contribution is -2.35. The van der Waals surface area contributed by atoms with Gasteiger partial charge in [0.2, 0.25) is 0 Å². The molecule has 0 aromatic carbocycles. The molecule has 1 unspecified atom stereocenters. The zero-order valence-electron chi connectivity index (χ0n) is 12.9. The molecule has 2 heteroatoms. The summed E-state index contributed by atoms with van der Waals surface area (Å²) >= 11 is 0. The van der Waals surface area contributed by atoms with Crippen molar-refractivity contribution >= 4 is 5.97 Å². The lowest BCUT2D eigenvalue weighted by molar-refractivity contribution is -0.145. The second-order valence-corrected chi connectivity index (χ2v) is 6.57. The van der Waals surface area contributed by atoms with Crippen molar-refractivity contribution in [2.24, 2.45) is 11.3 Å². The molecule has 0 radical (unpaired) electrons. The van der Waals surface area contributed by atoms with Gasteiger partial charge in [0.05, 0.1) is 0 Å². The second-order valence-electron chi connectivity index (χ2n) is 6.57. The van der Waals surface area contributed by atoms with Crippen molar-refractivity contribution in [2.45, 2.75) is 66.4 Å². The van der Waals surface area contributed by atoms with E-state index in [1.54, 1.807) is 5.57 Å². The van der Waals surface area contributed by atoms with Crippen molar-refractivity contribution in [3.05, 3.63) is 22.8 Å². The molecule has 19 heavy (non-hydrogen) atoms. The first kappa shape index (κ1) is 14.4. The summed E-state index contributed by atoms with van der Waals surface area (Å²) in [7, 11) is 0. The quantitative estimate of drug-likeness (QED) is 0.517. The molecule has 0 bridgehead atoms. The summed E-state index contributed by atoms with van der Waals surface area (Å²) in [5.41, 5.74) is 4.86. The van der Waals surface area contributed by atoms with Crippen LogP contribution >= 0.6 is 0 Å². The molecule has 0 amide bonds. The summed E-state index contributed by atoms with van der Waals surface area (Å²) in [5.74, 6) is 0.410. The Labute approximate surface area is 116 Å². The molecule has 2 nitrogen and oxygen atoms in total. The molecule has 0 aliphatic heterocycles. The lowest BCUT2D eigenvalue weighted by atomic mass is 9.64. The van der Waals surface area contributed by atoms with Gasteiger partial charge in [0, 0.05) is 6.92 Å². The van der Waals surface area contributed by atoms with E-state index in [0.29, 0.717) is 11.3 Å². The highest BCUT2D eigenvalue weighted by molar-refractivity contribution is 5.66. The van der Waals surface area contributed by atoms with Crippen LogP contribution in [-0.4, -0.2) is 12.1 Å². The maximum absolute atomic E-state index is 11.1.